The van der Waals surface area contributed by atoms with Crippen LogP contribution in [0, 0.1) is 0 Å². The van der Waals surface area contributed by atoms with E-state index in [1.165, 1.54) is 0 Å². The molecule has 0 aromatic heterocycles. The number of anilines is 1. The molecular formula is C14H22ClNO3. The van der Waals surface area contributed by atoms with Crippen LogP contribution in [0.5, 0.6) is 0 Å². The highest BCUT2D eigenvalue weighted by molar-refractivity contribution is 6.17. The molecule has 0 spiro atoms. The van der Waals surface area contributed by atoms with Gasteiger partial charge >= 0.3 is 0 Å². The van der Waals surface area contributed by atoms with E-state index in [0.29, 0.717) is 38.9 Å². The minimum absolute atomic E-state index is 0.511. The summed E-state index contributed by atoms with van der Waals surface area (Å²) < 4.78 is 15.6. The molecule has 4 nitrogen and oxygen atoms in total. The van der Waals surface area contributed by atoms with E-state index in [1.54, 1.807) is 7.11 Å². The zero-order valence-electron chi connectivity index (χ0n) is 11.4. The molecule has 0 saturated carbocycles. The number of hydrogen-bond donors (Lipinski definition) is 1. The Morgan fingerprint density at radius 2 is 1.68 bits per heavy atom. The van der Waals surface area contributed by atoms with Crippen LogP contribution in [0.4, 0.5) is 5.69 Å². The molecule has 0 heterocycles. The van der Waals surface area contributed by atoms with Crippen molar-refractivity contribution >= 4 is 17.3 Å². The predicted octanol–water partition coefficient (Wildman–Crippen LogP) is 2.52. The summed E-state index contributed by atoms with van der Waals surface area (Å²) in [4.78, 5) is 0. The lowest BCUT2D eigenvalue weighted by molar-refractivity contribution is 0.0272. The van der Waals surface area contributed by atoms with E-state index in [9.17, 15) is 0 Å². The zero-order chi connectivity index (χ0) is 13.8. The first kappa shape index (κ1) is 16.2. The Balaban J connectivity index is 2.01. The van der Waals surface area contributed by atoms with Crippen LogP contribution in [0.3, 0.4) is 0 Å². The number of methoxy groups -OCH3 is 1. The van der Waals surface area contributed by atoms with Crippen LogP contribution in [-0.2, 0) is 20.1 Å². The van der Waals surface area contributed by atoms with Gasteiger partial charge in [0.2, 0.25) is 0 Å². The second-order valence-corrected chi connectivity index (χ2v) is 4.20. The molecule has 0 fully saturated rings. The molecule has 0 aliphatic carbocycles. The molecule has 5 heteroatoms. The normalized spacial score (nSPS) is 10.6. The van der Waals surface area contributed by atoms with Crippen molar-refractivity contribution in [3.05, 3.63) is 29.8 Å². The summed E-state index contributed by atoms with van der Waals surface area (Å²) in [5.41, 5.74) is 2.17. The van der Waals surface area contributed by atoms with Gasteiger partial charge in [-0.15, -0.1) is 11.6 Å². The molecule has 0 atom stereocenters. The monoisotopic (exact) mass is 287 g/mol. The van der Waals surface area contributed by atoms with E-state index in [-0.39, 0.29) is 0 Å². The lowest BCUT2D eigenvalue weighted by atomic mass is 10.2. The molecular weight excluding hydrogens is 266 g/mol. The third-order valence-electron chi connectivity index (χ3n) is 2.53. The van der Waals surface area contributed by atoms with Crippen molar-refractivity contribution in [2.45, 2.75) is 5.88 Å². The molecule has 19 heavy (non-hydrogen) atoms. The minimum atomic E-state index is 0.511. The number of rotatable bonds is 11. The Bertz CT molecular complexity index is 336. The van der Waals surface area contributed by atoms with Gasteiger partial charge in [0.05, 0.1) is 33.0 Å². The van der Waals surface area contributed by atoms with Crippen molar-refractivity contribution < 1.29 is 14.2 Å². The molecule has 0 amide bonds. The smallest absolute Gasteiger partial charge is 0.0701 e. The Kier molecular flexibility index (Phi) is 9.45. The topological polar surface area (TPSA) is 39.7 Å². The first-order valence-corrected chi connectivity index (χ1v) is 6.94. The van der Waals surface area contributed by atoms with Crippen LogP contribution in [0.25, 0.3) is 0 Å². The van der Waals surface area contributed by atoms with Crippen LogP contribution in [0.1, 0.15) is 5.56 Å². The lowest BCUT2D eigenvalue weighted by Gasteiger charge is -2.10. The summed E-state index contributed by atoms with van der Waals surface area (Å²) >= 11 is 5.86. The highest BCUT2D eigenvalue weighted by atomic mass is 35.5. The minimum Gasteiger partial charge on any atom is -0.382 e. The summed E-state index contributed by atoms with van der Waals surface area (Å²) in [6.07, 6.45) is 0. The van der Waals surface area contributed by atoms with Gasteiger partial charge in [0.1, 0.15) is 0 Å². The molecule has 1 rings (SSSR count). The summed E-state index contributed by atoms with van der Waals surface area (Å²) in [6.45, 7) is 3.83. The summed E-state index contributed by atoms with van der Waals surface area (Å²) in [5.74, 6) is 0.511. The van der Waals surface area contributed by atoms with Crippen LogP contribution in [-0.4, -0.2) is 46.7 Å². The maximum Gasteiger partial charge on any atom is 0.0701 e. The Labute approximate surface area is 120 Å². The van der Waals surface area contributed by atoms with E-state index in [0.717, 1.165) is 17.8 Å². The van der Waals surface area contributed by atoms with E-state index >= 15 is 0 Å². The van der Waals surface area contributed by atoms with Crippen molar-refractivity contribution in [2.24, 2.45) is 0 Å². The van der Waals surface area contributed by atoms with Crippen molar-refractivity contribution in [3.8, 4) is 0 Å². The van der Waals surface area contributed by atoms with Gasteiger partial charge in [-0.05, 0) is 11.6 Å². The quantitative estimate of drug-likeness (QED) is 0.501. The Morgan fingerprint density at radius 3 is 2.42 bits per heavy atom. The van der Waals surface area contributed by atoms with Gasteiger partial charge in [-0.25, -0.2) is 0 Å². The van der Waals surface area contributed by atoms with Gasteiger partial charge in [-0.3, -0.25) is 0 Å². The number of hydrogen-bond acceptors (Lipinski definition) is 4. The van der Waals surface area contributed by atoms with Crippen LogP contribution in [0.15, 0.2) is 24.3 Å². The van der Waals surface area contributed by atoms with E-state index < -0.39 is 0 Å². The van der Waals surface area contributed by atoms with E-state index in [1.807, 2.05) is 24.3 Å². The van der Waals surface area contributed by atoms with Gasteiger partial charge in [0.25, 0.3) is 0 Å². The third-order valence-corrected chi connectivity index (χ3v) is 2.81. The molecule has 1 N–H and O–H groups in total. The lowest BCUT2D eigenvalue weighted by Crippen LogP contribution is -2.14. The van der Waals surface area contributed by atoms with E-state index in [2.05, 4.69) is 5.32 Å². The number of para-hydroxylation sites is 1. The molecule has 0 unspecified atom stereocenters. The second-order valence-electron chi connectivity index (χ2n) is 3.94. The van der Waals surface area contributed by atoms with Gasteiger partial charge in [0.15, 0.2) is 0 Å². The SMILES string of the molecule is COCCOCCOCCNc1ccccc1CCl. The Hall–Kier alpha value is -0.810. The van der Waals surface area contributed by atoms with Crippen molar-refractivity contribution in [3.63, 3.8) is 0 Å². The molecule has 0 aliphatic heterocycles. The number of ether oxygens (including phenoxy) is 3. The number of benzene rings is 1. The highest BCUT2D eigenvalue weighted by Crippen LogP contribution is 2.16. The molecule has 0 radical (unpaired) electrons. The number of halogens is 1. The van der Waals surface area contributed by atoms with Gasteiger partial charge in [-0.2, -0.15) is 0 Å². The summed E-state index contributed by atoms with van der Waals surface area (Å²) in [5, 5.41) is 3.31. The second kappa shape index (κ2) is 11.1. The van der Waals surface area contributed by atoms with Crippen molar-refractivity contribution in [1.82, 2.24) is 0 Å². The van der Waals surface area contributed by atoms with Crippen LogP contribution >= 0.6 is 11.6 Å². The number of nitrogens with one attached hydrogen (secondary N) is 1. The molecule has 108 valence electrons. The molecule has 0 aliphatic rings. The van der Waals surface area contributed by atoms with Gasteiger partial charge in [0, 0.05) is 25.2 Å². The zero-order valence-corrected chi connectivity index (χ0v) is 12.1. The predicted molar refractivity (Wildman–Crippen MR) is 78.0 cm³/mol. The van der Waals surface area contributed by atoms with Gasteiger partial charge in [-0.1, -0.05) is 18.2 Å². The van der Waals surface area contributed by atoms with Gasteiger partial charge < -0.3 is 19.5 Å². The fourth-order valence-corrected chi connectivity index (χ4v) is 1.76. The maximum atomic E-state index is 5.86. The van der Waals surface area contributed by atoms with Crippen LogP contribution < -0.4 is 5.32 Å². The summed E-state index contributed by atoms with van der Waals surface area (Å²) in [6, 6.07) is 8.00. The van der Waals surface area contributed by atoms with Crippen molar-refractivity contribution in [1.29, 1.82) is 0 Å². The average Bonchev–Trinajstić information content (AvgIpc) is 2.46. The summed E-state index contributed by atoms with van der Waals surface area (Å²) in [7, 11) is 1.66. The highest BCUT2D eigenvalue weighted by Gasteiger charge is 1.98. The fraction of sp³-hybridized carbons (Fsp3) is 0.571. The molecule has 1 aromatic rings. The fourth-order valence-electron chi connectivity index (χ4n) is 1.53. The van der Waals surface area contributed by atoms with E-state index in [4.69, 9.17) is 25.8 Å². The standard InChI is InChI=1S/C14H22ClNO3/c1-17-8-9-19-11-10-18-7-6-16-14-5-3-2-4-13(14)12-15/h2-5,16H,6-12H2,1H3. The first-order chi connectivity index (χ1) is 9.38. The largest absolute Gasteiger partial charge is 0.382 e. The first-order valence-electron chi connectivity index (χ1n) is 6.40. The average molecular weight is 288 g/mol. The Morgan fingerprint density at radius 1 is 1.00 bits per heavy atom. The third kappa shape index (κ3) is 7.38. The van der Waals surface area contributed by atoms with Crippen molar-refractivity contribution in [2.75, 3.05) is 52.0 Å². The number of alkyl halides is 1. The van der Waals surface area contributed by atoms with Crippen LogP contribution in [0.2, 0.25) is 0 Å². The molecule has 0 saturated heterocycles. The molecule has 1 aromatic carbocycles. The maximum absolute atomic E-state index is 5.86. The molecule has 0 bridgehead atoms.